The van der Waals surface area contributed by atoms with Crippen LogP contribution in [0.15, 0.2) is 24.3 Å². The summed E-state index contributed by atoms with van der Waals surface area (Å²) >= 11 is 0. The Labute approximate surface area is 92.6 Å². The lowest BCUT2D eigenvalue weighted by Crippen LogP contribution is -2.14. The Morgan fingerprint density at radius 2 is 2.13 bits per heavy atom. The third-order valence-corrected chi connectivity index (χ3v) is 2.42. The number of methoxy groups -OCH3 is 1. The molecule has 0 saturated heterocycles. The minimum absolute atomic E-state index is 0.931. The molecular weight excluding hydrogens is 186 g/mol. The van der Waals surface area contributed by atoms with Gasteiger partial charge in [0.15, 0.2) is 0 Å². The summed E-state index contributed by atoms with van der Waals surface area (Å²) in [5, 5.41) is 3.43. The second-order valence-corrected chi connectivity index (χ2v) is 3.74. The molecule has 0 bridgehead atoms. The van der Waals surface area contributed by atoms with Gasteiger partial charge in [0.1, 0.15) is 5.75 Å². The molecule has 0 atom stereocenters. The minimum atomic E-state index is 0.931. The number of unbranched alkanes of at least 4 members (excludes halogenated alkanes) is 2. The van der Waals surface area contributed by atoms with E-state index in [4.69, 9.17) is 4.74 Å². The van der Waals surface area contributed by atoms with Crippen LogP contribution in [0.4, 0.5) is 0 Å². The highest BCUT2D eigenvalue weighted by molar-refractivity contribution is 5.28. The number of hydrogen-bond donors (Lipinski definition) is 1. The molecule has 2 heteroatoms. The Hall–Kier alpha value is -1.02. The summed E-state index contributed by atoms with van der Waals surface area (Å²) < 4.78 is 5.17. The molecule has 0 fully saturated rings. The van der Waals surface area contributed by atoms with Crippen molar-refractivity contribution in [1.82, 2.24) is 5.32 Å². The van der Waals surface area contributed by atoms with Gasteiger partial charge in [0.2, 0.25) is 0 Å². The first-order valence-corrected chi connectivity index (χ1v) is 5.70. The molecule has 0 aliphatic rings. The molecule has 0 heterocycles. The Balaban J connectivity index is 2.24. The topological polar surface area (TPSA) is 21.3 Å². The van der Waals surface area contributed by atoms with Crippen molar-refractivity contribution < 1.29 is 4.74 Å². The Bertz CT molecular complexity index is 273. The van der Waals surface area contributed by atoms with E-state index in [1.54, 1.807) is 7.11 Å². The van der Waals surface area contributed by atoms with Gasteiger partial charge in [-0.25, -0.2) is 0 Å². The summed E-state index contributed by atoms with van der Waals surface area (Å²) in [6, 6.07) is 8.20. The molecule has 1 N–H and O–H groups in total. The summed E-state index contributed by atoms with van der Waals surface area (Å²) in [6.45, 7) is 4.26. The molecule has 0 saturated carbocycles. The molecule has 0 aromatic heterocycles. The maximum absolute atomic E-state index is 5.17. The van der Waals surface area contributed by atoms with Crippen molar-refractivity contribution in [3.8, 4) is 5.75 Å². The van der Waals surface area contributed by atoms with Crippen LogP contribution in [0.1, 0.15) is 31.7 Å². The maximum Gasteiger partial charge on any atom is 0.119 e. The van der Waals surface area contributed by atoms with Crippen LogP contribution in [0.3, 0.4) is 0 Å². The second kappa shape index (κ2) is 7.30. The van der Waals surface area contributed by atoms with Gasteiger partial charge >= 0.3 is 0 Å². The molecule has 0 unspecified atom stereocenters. The molecule has 2 nitrogen and oxygen atoms in total. The van der Waals surface area contributed by atoms with Crippen LogP contribution < -0.4 is 10.1 Å². The van der Waals surface area contributed by atoms with Gasteiger partial charge in [-0.2, -0.15) is 0 Å². The molecule has 0 radical (unpaired) electrons. The standard InChI is InChI=1S/C13H21NO/c1-3-4-5-9-14-11-12-7-6-8-13(10-12)15-2/h6-8,10,14H,3-5,9,11H2,1-2H3. The molecule has 1 aromatic carbocycles. The molecule has 0 amide bonds. The summed E-state index contributed by atoms with van der Waals surface area (Å²) in [7, 11) is 1.70. The Morgan fingerprint density at radius 3 is 2.87 bits per heavy atom. The Kier molecular flexibility index (Phi) is 5.86. The zero-order chi connectivity index (χ0) is 10.9. The number of benzene rings is 1. The number of ether oxygens (including phenoxy) is 1. The SMILES string of the molecule is CCCCCNCc1cccc(OC)c1. The molecule has 0 aliphatic heterocycles. The quantitative estimate of drug-likeness (QED) is 0.694. The molecule has 84 valence electrons. The Morgan fingerprint density at radius 1 is 1.27 bits per heavy atom. The van der Waals surface area contributed by atoms with E-state index in [1.165, 1.54) is 24.8 Å². The van der Waals surface area contributed by atoms with E-state index in [2.05, 4.69) is 24.4 Å². The van der Waals surface area contributed by atoms with Crippen molar-refractivity contribution in [2.45, 2.75) is 32.7 Å². The summed E-state index contributed by atoms with van der Waals surface area (Å²) in [5.41, 5.74) is 1.28. The molecule has 0 aliphatic carbocycles. The fourth-order valence-electron chi connectivity index (χ4n) is 1.52. The predicted molar refractivity (Wildman–Crippen MR) is 64.2 cm³/mol. The average Bonchev–Trinajstić information content (AvgIpc) is 2.29. The lowest BCUT2D eigenvalue weighted by Gasteiger charge is -2.06. The highest BCUT2D eigenvalue weighted by atomic mass is 16.5. The fourth-order valence-corrected chi connectivity index (χ4v) is 1.52. The predicted octanol–water partition coefficient (Wildman–Crippen LogP) is 2.98. The molecule has 15 heavy (non-hydrogen) atoms. The van der Waals surface area contributed by atoms with Crippen LogP contribution in [0.5, 0.6) is 5.75 Å². The van der Waals surface area contributed by atoms with E-state index in [0.717, 1.165) is 18.8 Å². The summed E-state index contributed by atoms with van der Waals surface area (Å²) in [6.07, 6.45) is 3.85. The van der Waals surface area contributed by atoms with Crippen molar-refractivity contribution in [2.75, 3.05) is 13.7 Å². The monoisotopic (exact) mass is 207 g/mol. The lowest BCUT2D eigenvalue weighted by molar-refractivity contribution is 0.414. The van der Waals surface area contributed by atoms with Gasteiger partial charge in [-0.05, 0) is 30.7 Å². The largest absolute Gasteiger partial charge is 0.497 e. The van der Waals surface area contributed by atoms with Gasteiger partial charge in [-0.3, -0.25) is 0 Å². The van der Waals surface area contributed by atoms with Gasteiger partial charge in [0, 0.05) is 6.54 Å². The summed E-state index contributed by atoms with van der Waals surface area (Å²) in [4.78, 5) is 0. The first kappa shape index (κ1) is 12.1. The van der Waals surface area contributed by atoms with Crippen molar-refractivity contribution in [3.05, 3.63) is 29.8 Å². The van der Waals surface area contributed by atoms with Crippen molar-refractivity contribution in [1.29, 1.82) is 0 Å². The zero-order valence-electron chi connectivity index (χ0n) is 9.75. The second-order valence-electron chi connectivity index (χ2n) is 3.74. The fraction of sp³-hybridized carbons (Fsp3) is 0.538. The van der Waals surface area contributed by atoms with E-state index in [9.17, 15) is 0 Å². The van der Waals surface area contributed by atoms with Crippen molar-refractivity contribution in [3.63, 3.8) is 0 Å². The van der Waals surface area contributed by atoms with Gasteiger partial charge in [-0.1, -0.05) is 31.9 Å². The molecule has 1 rings (SSSR count). The first-order chi connectivity index (χ1) is 7.36. The molecule has 1 aromatic rings. The van der Waals surface area contributed by atoms with Crippen LogP contribution in [-0.4, -0.2) is 13.7 Å². The number of hydrogen-bond acceptors (Lipinski definition) is 2. The van der Waals surface area contributed by atoms with E-state index in [0.29, 0.717) is 0 Å². The van der Waals surface area contributed by atoms with Gasteiger partial charge in [-0.15, -0.1) is 0 Å². The average molecular weight is 207 g/mol. The molecule has 0 spiro atoms. The maximum atomic E-state index is 5.17. The number of rotatable bonds is 7. The van der Waals surface area contributed by atoms with Crippen LogP contribution in [0, 0.1) is 0 Å². The van der Waals surface area contributed by atoms with Gasteiger partial charge < -0.3 is 10.1 Å². The van der Waals surface area contributed by atoms with Crippen LogP contribution >= 0.6 is 0 Å². The van der Waals surface area contributed by atoms with E-state index in [1.807, 2.05) is 12.1 Å². The van der Waals surface area contributed by atoms with Crippen LogP contribution in [-0.2, 0) is 6.54 Å². The van der Waals surface area contributed by atoms with Gasteiger partial charge in [0.25, 0.3) is 0 Å². The van der Waals surface area contributed by atoms with Crippen molar-refractivity contribution >= 4 is 0 Å². The summed E-state index contributed by atoms with van der Waals surface area (Å²) in [5.74, 6) is 0.933. The lowest BCUT2D eigenvalue weighted by atomic mass is 10.2. The van der Waals surface area contributed by atoms with Gasteiger partial charge in [0.05, 0.1) is 7.11 Å². The highest BCUT2D eigenvalue weighted by Crippen LogP contribution is 2.11. The first-order valence-electron chi connectivity index (χ1n) is 5.70. The zero-order valence-corrected chi connectivity index (χ0v) is 9.75. The normalized spacial score (nSPS) is 10.3. The van der Waals surface area contributed by atoms with Crippen LogP contribution in [0.25, 0.3) is 0 Å². The van der Waals surface area contributed by atoms with Crippen LogP contribution in [0.2, 0.25) is 0 Å². The van der Waals surface area contributed by atoms with Crippen molar-refractivity contribution in [2.24, 2.45) is 0 Å². The third kappa shape index (κ3) is 4.84. The third-order valence-electron chi connectivity index (χ3n) is 2.42. The minimum Gasteiger partial charge on any atom is -0.497 e. The van der Waals surface area contributed by atoms with E-state index >= 15 is 0 Å². The van der Waals surface area contributed by atoms with E-state index in [-0.39, 0.29) is 0 Å². The molecular formula is C13H21NO. The van der Waals surface area contributed by atoms with E-state index < -0.39 is 0 Å². The number of nitrogens with one attached hydrogen (secondary N) is 1. The smallest absolute Gasteiger partial charge is 0.119 e. The highest BCUT2D eigenvalue weighted by Gasteiger charge is 1.94.